The molecule has 0 aliphatic carbocycles. The van der Waals surface area contributed by atoms with Crippen LogP contribution in [0.1, 0.15) is 6.42 Å². The maximum absolute atomic E-state index is 5.73. The van der Waals surface area contributed by atoms with Gasteiger partial charge >= 0.3 is 0 Å². The van der Waals surface area contributed by atoms with E-state index in [0.29, 0.717) is 11.1 Å². The first-order chi connectivity index (χ1) is 9.88. The molecule has 0 saturated carbocycles. The molecule has 100 valence electrons. The van der Waals surface area contributed by atoms with Crippen LogP contribution in [0.4, 0.5) is 0 Å². The summed E-state index contributed by atoms with van der Waals surface area (Å²) in [6, 6.07) is 14.3. The van der Waals surface area contributed by atoms with Crippen molar-refractivity contribution in [2.45, 2.75) is 11.6 Å². The first kappa shape index (κ1) is 12.9. The molecule has 0 aliphatic rings. The van der Waals surface area contributed by atoms with Crippen LogP contribution in [-0.2, 0) is 0 Å². The van der Waals surface area contributed by atoms with Crippen LogP contribution in [-0.4, -0.2) is 16.0 Å². The second-order valence-electron chi connectivity index (χ2n) is 4.33. The summed E-state index contributed by atoms with van der Waals surface area (Å²) < 4.78 is 5.73. The van der Waals surface area contributed by atoms with Gasteiger partial charge in [0.05, 0.1) is 0 Å². The van der Waals surface area contributed by atoms with Gasteiger partial charge < -0.3 is 4.42 Å². The van der Waals surface area contributed by atoms with E-state index in [4.69, 9.17) is 4.42 Å². The molecule has 20 heavy (non-hydrogen) atoms. The van der Waals surface area contributed by atoms with Crippen molar-refractivity contribution in [2.75, 3.05) is 5.75 Å². The summed E-state index contributed by atoms with van der Waals surface area (Å²) in [7, 11) is 0. The number of fused-ring (bicyclic) bond motifs is 1. The third kappa shape index (κ3) is 2.60. The molecule has 1 heterocycles. The monoisotopic (exact) mass is 282 g/mol. The van der Waals surface area contributed by atoms with Gasteiger partial charge in [0.25, 0.3) is 5.22 Å². The molecular weight excluding hydrogens is 268 g/mol. The van der Waals surface area contributed by atoms with Crippen molar-refractivity contribution < 1.29 is 4.42 Å². The van der Waals surface area contributed by atoms with Crippen LogP contribution < -0.4 is 0 Å². The van der Waals surface area contributed by atoms with Gasteiger partial charge in [-0.3, -0.25) is 0 Å². The van der Waals surface area contributed by atoms with Gasteiger partial charge in [-0.05, 0) is 23.3 Å². The third-order valence-corrected chi connectivity index (χ3v) is 3.83. The Labute approximate surface area is 121 Å². The molecule has 1 aromatic heterocycles. The second kappa shape index (κ2) is 5.92. The van der Waals surface area contributed by atoms with Crippen LogP contribution in [0, 0.1) is 0 Å². The summed E-state index contributed by atoms with van der Waals surface area (Å²) in [6.07, 6.45) is 2.81. The van der Waals surface area contributed by atoms with E-state index < -0.39 is 0 Å². The van der Waals surface area contributed by atoms with Crippen LogP contribution >= 0.6 is 11.8 Å². The minimum Gasteiger partial charge on any atom is -0.411 e. The van der Waals surface area contributed by atoms with Gasteiger partial charge in [-0.25, -0.2) is 0 Å². The molecule has 3 aromatic rings. The third-order valence-electron chi connectivity index (χ3n) is 2.97. The van der Waals surface area contributed by atoms with E-state index >= 15 is 0 Å². The largest absolute Gasteiger partial charge is 0.411 e. The Morgan fingerprint density at radius 1 is 1.10 bits per heavy atom. The highest BCUT2D eigenvalue weighted by Gasteiger charge is 2.11. The number of aromatic nitrogens is 2. The maximum atomic E-state index is 5.73. The molecule has 4 heteroatoms. The Morgan fingerprint density at radius 3 is 2.85 bits per heavy atom. The number of rotatable bonds is 5. The Kier molecular flexibility index (Phi) is 3.83. The quantitative estimate of drug-likeness (QED) is 0.391. The van der Waals surface area contributed by atoms with Crippen molar-refractivity contribution >= 4 is 22.5 Å². The lowest BCUT2D eigenvalue weighted by molar-refractivity contribution is 0.466. The van der Waals surface area contributed by atoms with E-state index in [1.54, 1.807) is 11.8 Å². The Balaban J connectivity index is 1.93. The number of hydrogen-bond acceptors (Lipinski definition) is 4. The van der Waals surface area contributed by atoms with Gasteiger partial charge in [0, 0.05) is 11.3 Å². The summed E-state index contributed by atoms with van der Waals surface area (Å²) in [5.74, 6) is 1.48. The second-order valence-corrected chi connectivity index (χ2v) is 5.37. The summed E-state index contributed by atoms with van der Waals surface area (Å²) >= 11 is 1.55. The van der Waals surface area contributed by atoms with Crippen molar-refractivity contribution in [3.63, 3.8) is 0 Å². The van der Waals surface area contributed by atoms with Crippen LogP contribution in [0.2, 0.25) is 0 Å². The van der Waals surface area contributed by atoms with Gasteiger partial charge in [-0.1, -0.05) is 54.2 Å². The highest BCUT2D eigenvalue weighted by atomic mass is 32.2. The topological polar surface area (TPSA) is 38.9 Å². The standard InChI is InChI=1S/C16H14N2OS/c1-2-3-11-20-16-18-17-15(19-16)14-10-6-8-12-7-4-5-9-13(12)14/h2,4-10H,1,3,11H2. The molecule has 0 spiro atoms. The zero-order valence-electron chi connectivity index (χ0n) is 11.0. The molecule has 0 saturated heterocycles. The van der Waals surface area contributed by atoms with Crippen molar-refractivity contribution in [1.29, 1.82) is 0 Å². The number of nitrogens with zero attached hydrogens (tertiary/aromatic N) is 2. The zero-order valence-corrected chi connectivity index (χ0v) is 11.8. The first-order valence-corrected chi connectivity index (χ1v) is 7.42. The van der Waals surface area contributed by atoms with Gasteiger partial charge in [-0.2, -0.15) is 0 Å². The van der Waals surface area contributed by atoms with Gasteiger partial charge in [0.1, 0.15) is 0 Å². The molecule has 3 nitrogen and oxygen atoms in total. The highest BCUT2D eigenvalue weighted by molar-refractivity contribution is 7.99. The fraction of sp³-hybridized carbons (Fsp3) is 0.125. The van der Waals surface area contributed by atoms with Crippen molar-refractivity contribution in [2.24, 2.45) is 0 Å². The molecule has 0 unspecified atom stereocenters. The van der Waals surface area contributed by atoms with E-state index in [1.165, 1.54) is 5.39 Å². The molecule has 0 atom stereocenters. The zero-order chi connectivity index (χ0) is 13.8. The molecule has 0 fully saturated rings. The Morgan fingerprint density at radius 2 is 1.95 bits per heavy atom. The summed E-state index contributed by atoms with van der Waals surface area (Å²) in [5.41, 5.74) is 0.978. The molecule has 3 rings (SSSR count). The summed E-state index contributed by atoms with van der Waals surface area (Å²) in [6.45, 7) is 3.70. The van der Waals surface area contributed by atoms with E-state index in [2.05, 4.69) is 35.0 Å². The van der Waals surface area contributed by atoms with Crippen LogP contribution in [0.25, 0.3) is 22.2 Å². The lowest BCUT2D eigenvalue weighted by Crippen LogP contribution is -1.80. The molecular formula is C16H14N2OS. The Hall–Kier alpha value is -2.07. The molecule has 0 N–H and O–H groups in total. The minimum absolute atomic E-state index is 0.572. The van der Waals surface area contributed by atoms with Gasteiger partial charge in [0.2, 0.25) is 5.89 Å². The number of thioether (sulfide) groups is 1. The van der Waals surface area contributed by atoms with Crippen LogP contribution in [0.5, 0.6) is 0 Å². The number of allylic oxidation sites excluding steroid dienone is 1. The van der Waals surface area contributed by atoms with Crippen LogP contribution in [0.3, 0.4) is 0 Å². The van der Waals surface area contributed by atoms with Crippen LogP contribution in [0.15, 0.2) is 64.8 Å². The molecule has 0 radical (unpaired) electrons. The average Bonchev–Trinajstić information content (AvgIpc) is 2.96. The number of hydrogen-bond donors (Lipinski definition) is 0. The minimum atomic E-state index is 0.572. The van der Waals surface area contributed by atoms with E-state index in [0.717, 1.165) is 23.1 Å². The lowest BCUT2D eigenvalue weighted by Gasteiger charge is -2.01. The van der Waals surface area contributed by atoms with Gasteiger partial charge in [-0.15, -0.1) is 16.8 Å². The molecule has 2 aromatic carbocycles. The average molecular weight is 282 g/mol. The van der Waals surface area contributed by atoms with E-state index in [9.17, 15) is 0 Å². The summed E-state index contributed by atoms with van der Waals surface area (Å²) in [4.78, 5) is 0. The predicted molar refractivity (Wildman–Crippen MR) is 82.8 cm³/mol. The Bertz CT molecular complexity index is 731. The fourth-order valence-electron chi connectivity index (χ4n) is 2.02. The van der Waals surface area contributed by atoms with Crippen molar-refractivity contribution in [3.05, 3.63) is 55.1 Å². The van der Waals surface area contributed by atoms with E-state index in [-0.39, 0.29) is 0 Å². The van der Waals surface area contributed by atoms with Crippen molar-refractivity contribution in [3.8, 4) is 11.5 Å². The lowest BCUT2D eigenvalue weighted by atomic mass is 10.0. The van der Waals surface area contributed by atoms with Gasteiger partial charge in [0.15, 0.2) is 0 Å². The highest BCUT2D eigenvalue weighted by Crippen LogP contribution is 2.29. The number of benzene rings is 2. The molecule has 0 aliphatic heterocycles. The molecule has 0 amide bonds. The smallest absolute Gasteiger partial charge is 0.276 e. The first-order valence-electron chi connectivity index (χ1n) is 6.44. The SMILES string of the molecule is C=CCCSc1nnc(-c2cccc3ccccc23)o1. The maximum Gasteiger partial charge on any atom is 0.276 e. The molecule has 0 bridgehead atoms. The fourth-order valence-corrected chi connectivity index (χ4v) is 2.71. The van der Waals surface area contributed by atoms with Crippen molar-refractivity contribution in [1.82, 2.24) is 10.2 Å². The summed E-state index contributed by atoms with van der Waals surface area (Å²) in [5, 5.41) is 11.1. The predicted octanol–water partition coefficient (Wildman–Crippen LogP) is 4.56. The normalized spacial score (nSPS) is 10.8. The van der Waals surface area contributed by atoms with E-state index in [1.807, 2.05) is 30.3 Å².